The first-order chi connectivity index (χ1) is 11.6. The molecule has 2 fully saturated rings. The smallest absolute Gasteiger partial charge is 0.410 e. The Balaban J connectivity index is 1.63. The van der Waals surface area contributed by atoms with Gasteiger partial charge in [0.05, 0.1) is 12.2 Å². The molecule has 24 heavy (non-hydrogen) atoms. The van der Waals surface area contributed by atoms with Gasteiger partial charge >= 0.3 is 6.09 Å². The molecular formula is C20H23NO3. The number of piperidine rings is 1. The van der Waals surface area contributed by atoms with Crippen molar-refractivity contribution in [2.75, 3.05) is 6.61 Å². The number of carbonyl (C=O) groups is 1. The van der Waals surface area contributed by atoms with Gasteiger partial charge in [-0.05, 0) is 42.2 Å². The largest absolute Gasteiger partial charge is 0.450 e. The van der Waals surface area contributed by atoms with Crippen LogP contribution in [0.2, 0.25) is 0 Å². The van der Waals surface area contributed by atoms with Crippen LogP contribution >= 0.6 is 0 Å². The molecule has 2 aromatic carbocycles. The summed E-state index contributed by atoms with van der Waals surface area (Å²) in [5.41, 5.74) is 0.0976. The zero-order valence-corrected chi connectivity index (χ0v) is 13.9. The van der Waals surface area contributed by atoms with Crippen molar-refractivity contribution in [3.05, 3.63) is 48.0 Å². The van der Waals surface area contributed by atoms with Crippen LogP contribution in [0, 0.1) is 0 Å². The van der Waals surface area contributed by atoms with Crippen LogP contribution < -0.4 is 0 Å². The SMILES string of the molecule is CCOC(=O)N1[C@@H]2CC[C@H]1CC(O)(c1ccc3ccccc3c1)C2. The fourth-order valence-electron chi connectivity index (χ4n) is 4.44. The van der Waals surface area contributed by atoms with Crippen LogP contribution in [0.1, 0.15) is 38.2 Å². The molecule has 0 aliphatic carbocycles. The third-order valence-electron chi connectivity index (χ3n) is 5.53. The van der Waals surface area contributed by atoms with E-state index in [4.69, 9.17) is 4.74 Å². The molecule has 3 atom stereocenters. The number of carbonyl (C=O) groups excluding carboxylic acids is 1. The Morgan fingerprint density at radius 1 is 1.17 bits per heavy atom. The molecule has 4 rings (SSSR count). The van der Waals surface area contributed by atoms with E-state index >= 15 is 0 Å². The van der Waals surface area contributed by atoms with Crippen molar-refractivity contribution < 1.29 is 14.6 Å². The second-order valence-electron chi connectivity index (χ2n) is 6.99. The first-order valence-electron chi connectivity index (χ1n) is 8.77. The number of hydrogen-bond acceptors (Lipinski definition) is 3. The summed E-state index contributed by atoms with van der Waals surface area (Å²) >= 11 is 0. The third kappa shape index (κ3) is 2.46. The molecule has 4 heteroatoms. The zero-order chi connectivity index (χ0) is 16.7. The number of rotatable bonds is 2. The molecule has 1 N–H and O–H groups in total. The maximum absolute atomic E-state index is 12.2. The molecule has 2 aromatic rings. The molecule has 2 aliphatic rings. The van der Waals surface area contributed by atoms with Gasteiger partial charge in [0.25, 0.3) is 0 Å². The normalized spacial score (nSPS) is 29.0. The molecule has 2 aliphatic heterocycles. The number of hydrogen-bond donors (Lipinski definition) is 1. The van der Waals surface area contributed by atoms with Crippen molar-refractivity contribution in [2.24, 2.45) is 0 Å². The number of nitrogens with zero attached hydrogens (tertiary/aromatic N) is 1. The van der Waals surface area contributed by atoms with Gasteiger partial charge in [-0.3, -0.25) is 0 Å². The summed E-state index contributed by atoms with van der Waals surface area (Å²) in [6.07, 6.45) is 2.82. The van der Waals surface area contributed by atoms with Crippen molar-refractivity contribution in [3.8, 4) is 0 Å². The minimum Gasteiger partial charge on any atom is -0.450 e. The van der Waals surface area contributed by atoms with E-state index in [2.05, 4.69) is 24.3 Å². The van der Waals surface area contributed by atoms with Crippen LogP contribution in [0.3, 0.4) is 0 Å². The molecule has 0 radical (unpaired) electrons. The minimum absolute atomic E-state index is 0.0688. The summed E-state index contributed by atoms with van der Waals surface area (Å²) in [5, 5.41) is 13.7. The molecule has 126 valence electrons. The fourth-order valence-corrected chi connectivity index (χ4v) is 4.44. The van der Waals surface area contributed by atoms with Gasteiger partial charge in [0, 0.05) is 24.9 Å². The second kappa shape index (κ2) is 5.78. The molecule has 0 saturated carbocycles. The highest BCUT2D eigenvalue weighted by atomic mass is 16.6. The molecule has 0 aromatic heterocycles. The van der Waals surface area contributed by atoms with E-state index in [-0.39, 0.29) is 18.2 Å². The summed E-state index contributed by atoms with van der Waals surface area (Å²) in [7, 11) is 0. The van der Waals surface area contributed by atoms with Gasteiger partial charge in [-0.25, -0.2) is 4.79 Å². The standard InChI is InChI=1S/C20H23NO3/c1-2-24-19(22)21-17-9-10-18(21)13-20(23,12-17)16-8-7-14-5-3-4-6-15(14)11-16/h3-8,11,17-18,23H,2,9-10,12-13H2,1H3/t17-,18+,20?. The fraction of sp³-hybridized carbons (Fsp3) is 0.450. The average molecular weight is 325 g/mol. The first-order valence-corrected chi connectivity index (χ1v) is 8.77. The Hall–Kier alpha value is -2.07. The number of fused-ring (bicyclic) bond motifs is 3. The predicted molar refractivity (Wildman–Crippen MR) is 92.7 cm³/mol. The highest BCUT2D eigenvalue weighted by molar-refractivity contribution is 5.83. The Bertz CT molecular complexity index is 758. The highest BCUT2D eigenvalue weighted by Crippen LogP contribution is 2.46. The lowest BCUT2D eigenvalue weighted by Gasteiger charge is -2.43. The van der Waals surface area contributed by atoms with Crippen LogP contribution in [0.15, 0.2) is 42.5 Å². The summed E-state index contributed by atoms with van der Waals surface area (Å²) < 4.78 is 5.20. The van der Waals surface area contributed by atoms with E-state index in [9.17, 15) is 9.90 Å². The zero-order valence-electron chi connectivity index (χ0n) is 13.9. The molecule has 1 amide bonds. The third-order valence-corrected chi connectivity index (χ3v) is 5.53. The number of aliphatic hydroxyl groups is 1. The van der Waals surface area contributed by atoms with Gasteiger partial charge in [0.1, 0.15) is 0 Å². The summed E-state index contributed by atoms with van der Waals surface area (Å²) in [6, 6.07) is 14.5. The van der Waals surface area contributed by atoms with E-state index < -0.39 is 5.60 Å². The molecule has 4 nitrogen and oxygen atoms in total. The molecule has 2 bridgehead atoms. The molecule has 1 unspecified atom stereocenters. The highest BCUT2D eigenvalue weighted by Gasteiger charge is 2.50. The second-order valence-corrected chi connectivity index (χ2v) is 6.99. The van der Waals surface area contributed by atoms with Crippen molar-refractivity contribution in [1.82, 2.24) is 4.90 Å². The van der Waals surface area contributed by atoms with Gasteiger partial charge in [0.2, 0.25) is 0 Å². The maximum Gasteiger partial charge on any atom is 0.410 e. The lowest BCUT2D eigenvalue weighted by atomic mass is 9.80. The minimum atomic E-state index is -0.862. The molecular weight excluding hydrogens is 302 g/mol. The van der Waals surface area contributed by atoms with Gasteiger partial charge in [0.15, 0.2) is 0 Å². The van der Waals surface area contributed by atoms with E-state index in [0.717, 1.165) is 23.8 Å². The van der Waals surface area contributed by atoms with E-state index in [1.807, 2.05) is 30.0 Å². The van der Waals surface area contributed by atoms with Gasteiger partial charge in [-0.2, -0.15) is 0 Å². The van der Waals surface area contributed by atoms with Crippen LogP contribution in [0.5, 0.6) is 0 Å². The lowest BCUT2D eigenvalue weighted by Crippen LogP contribution is -2.52. The monoisotopic (exact) mass is 325 g/mol. The van der Waals surface area contributed by atoms with Gasteiger partial charge in [-0.15, -0.1) is 0 Å². The average Bonchev–Trinajstić information content (AvgIpc) is 2.87. The van der Waals surface area contributed by atoms with Crippen molar-refractivity contribution in [3.63, 3.8) is 0 Å². The van der Waals surface area contributed by atoms with Gasteiger partial charge < -0.3 is 14.7 Å². The Labute approximate surface area is 142 Å². The van der Waals surface area contributed by atoms with Crippen molar-refractivity contribution >= 4 is 16.9 Å². The summed E-state index contributed by atoms with van der Waals surface area (Å²) in [6.45, 7) is 2.22. The van der Waals surface area contributed by atoms with Crippen LogP contribution in [-0.4, -0.2) is 34.8 Å². The van der Waals surface area contributed by atoms with Crippen molar-refractivity contribution in [1.29, 1.82) is 0 Å². The van der Waals surface area contributed by atoms with E-state index in [0.29, 0.717) is 19.4 Å². The van der Waals surface area contributed by atoms with Crippen molar-refractivity contribution in [2.45, 2.75) is 50.3 Å². The maximum atomic E-state index is 12.2. The Kier molecular flexibility index (Phi) is 3.72. The van der Waals surface area contributed by atoms with Crippen LogP contribution in [-0.2, 0) is 10.3 Å². The van der Waals surface area contributed by atoms with Crippen LogP contribution in [0.25, 0.3) is 10.8 Å². The summed E-state index contributed by atoms with van der Waals surface area (Å²) in [5.74, 6) is 0. The van der Waals surface area contributed by atoms with E-state index in [1.54, 1.807) is 0 Å². The number of amides is 1. The van der Waals surface area contributed by atoms with Crippen LogP contribution in [0.4, 0.5) is 4.79 Å². The van der Waals surface area contributed by atoms with Gasteiger partial charge in [-0.1, -0.05) is 36.4 Å². The number of ether oxygens (including phenoxy) is 1. The molecule has 2 saturated heterocycles. The quantitative estimate of drug-likeness (QED) is 0.913. The number of benzene rings is 2. The Morgan fingerprint density at radius 3 is 2.50 bits per heavy atom. The summed E-state index contributed by atoms with van der Waals surface area (Å²) in [4.78, 5) is 14.1. The first kappa shape index (κ1) is 15.5. The lowest BCUT2D eigenvalue weighted by molar-refractivity contribution is -0.0524. The Morgan fingerprint density at radius 2 is 1.83 bits per heavy atom. The predicted octanol–water partition coefficient (Wildman–Crippen LogP) is 3.81. The van der Waals surface area contributed by atoms with E-state index in [1.165, 1.54) is 5.39 Å². The topological polar surface area (TPSA) is 49.8 Å². The molecule has 0 spiro atoms. The molecule has 2 heterocycles.